The number of alkyl halides is 3. The van der Waals surface area contributed by atoms with Gasteiger partial charge < -0.3 is 5.32 Å². The zero-order valence-corrected chi connectivity index (χ0v) is 10.5. The SMILES string of the molecule is Cc1ccc(Nc2cc(C(F)(F)F)nc(Cl)n2)cc1. The standard InChI is InChI=1S/C12H9ClF3N3/c1-7-2-4-8(5-3-7)17-10-6-9(12(14,15)16)18-11(13)19-10/h2-6H,1H3,(H,17,18,19). The van der Waals surface area contributed by atoms with Gasteiger partial charge in [-0.1, -0.05) is 17.7 Å². The van der Waals surface area contributed by atoms with Crippen LogP contribution in [0.4, 0.5) is 24.7 Å². The van der Waals surface area contributed by atoms with Crippen LogP contribution >= 0.6 is 11.6 Å². The van der Waals surface area contributed by atoms with Crippen molar-refractivity contribution in [3.63, 3.8) is 0 Å². The van der Waals surface area contributed by atoms with Crippen molar-refractivity contribution in [1.29, 1.82) is 0 Å². The molecule has 0 atom stereocenters. The Morgan fingerprint density at radius 2 is 1.74 bits per heavy atom. The molecule has 0 unspecified atom stereocenters. The highest BCUT2D eigenvalue weighted by atomic mass is 35.5. The lowest BCUT2D eigenvalue weighted by Gasteiger charge is -2.10. The van der Waals surface area contributed by atoms with E-state index in [1.807, 2.05) is 19.1 Å². The van der Waals surface area contributed by atoms with Gasteiger partial charge in [-0.25, -0.2) is 9.97 Å². The summed E-state index contributed by atoms with van der Waals surface area (Å²) < 4.78 is 37.7. The molecule has 0 aliphatic heterocycles. The third kappa shape index (κ3) is 3.57. The van der Waals surface area contributed by atoms with E-state index in [1.165, 1.54) is 0 Å². The van der Waals surface area contributed by atoms with E-state index in [0.717, 1.165) is 11.6 Å². The van der Waals surface area contributed by atoms with Gasteiger partial charge in [-0.2, -0.15) is 13.2 Å². The summed E-state index contributed by atoms with van der Waals surface area (Å²) in [5.74, 6) is -0.00354. The molecule has 2 aromatic rings. The number of aromatic nitrogens is 2. The van der Waals surface area contributed by atoms with Crippen molar-refractivity contribution in [3.8, 4) is 0 Å². The topological polar surface area (TPSA) is 37.8 Å². The first-order chi connectivity index (χ1) is 8.84. The Hall–Kier alpha value is -1.82. The highest BCUT2D eigenvalue weighted by Gasteiger charge is 2.33. The Bertz CT molecular complexity index is 582. The average Bonchev–Trinajstić information content (AvgIpc) is 2.30. The number of nitrogens with one attached hydrogen (secondary N) is 1. The summed E-state index contributed by atoms with van der Waals surface area (Å²) in [7, 11) is 0. The van der Waals surface area contributed by atoms with Crippen LogP contribution in [0.1, 0.15) is 11.3 Å². The highest BCUT2D eigenvalue weighted by molar-refractivity contribution is 6.28. The largest absolute Gasteiger partial charge is 0.433 e. The molecule has 3 nitrogen and oxygen atoms in total. The van der Waals surface area contributed by atoms with Crippen LogP contribution in [0.15, 0.2) is 30.3 Å². The summed E-state index contributed by atoms with van der Waals surface area (Å²) in [5, 5.41) is 2.29. The van der Waals surface area contributed by atoms with Crippen LogP contribution in [0.2, 0.25) is 5.28 Å². The minimum Gasteiger partial charge on any atom is -0.340 e. The molecule has 1 aromatic carbocycles. The molecule has 1 aromatic heterocycles. The predicted molar refractivity (Wildman–Crippen MR) is 66.5 cm³/mol. The molecular weight excluding hydrogens is 279 g/mol. The lowest BCUT2D eigenvalue weighted by atomic mass is 10.2. The summed E-state index contributed by atoms with van der Waals surface area (Å²) in [6.45, 7) is 1.91. The number of aryl methyl sites for hydroxylation is 1. The number of halogens is 4. The second-order valence-electron chi connectivity index (χ2n) is 3.90. The summed E-state index contributed by atoms with van der Waals surface area (Å²) in [6, 6.07) is 7.94. The van der Waals surface area contributed by atoms with Gasteiger partial charge in [-0.15, -0.1) is 0 Å². The van der Waals surface area contributed by atoms with Crippen LogP contribution in [0.25, 0.3) is 0 Å². The van der Waals surface area contributed by atoms with Gasteiger partial charge in [0.1, 0.15) is 5.82 Å². The molecule has 0 fully saturated rings. The summed E-state index contributed by atoms with van der Waals surface area (Å²) >= 11 is 5.49. The molecular formula is C12H9ClF3N3. The second kappa shape index (κ2) is 5.05. The summed E-state index contributed by atoms with van der Waals surface area (Å²) in [6.07, 6.45) is -4.56. The quantitative estimate of drug-likeness (QED) is 0.841. The maximum atomic E-state index is 12.6. The van der Waals surface area contributed by atoms with Crippen LogP contribution in [0.3, 0.4) is 0 Å². The fourth-order valence-electron chi connectivity index (χ4n) is 1.41. The fourth-order valence-corrected chi connectivity index (χ4v) is 1.59. The van der Waals surface area contributed by atoms with Gasteiger partial charge >= 0.3 is 6.18 Å². The fraction of sp³-hybridized carbons (Fsp3) is 0.167. The maximum absolute atomic E-state index is 12.6. The molecule has 0 spiro atoms. The van der Waals surface area contributed by atoms with Gasteiger partial charge in [0, 0.05) is 11.8 Å². The number of rotatable bonds is 2. The van der Waals surface area contributed by atoms with Crippen molar-refractivity contribution in [3.05, 3.63) is 46.9 Å². The lowest BCUT2D eigenvalue weighted by molar-refractivity contribution is -0.141. The Morgan fingerprint density at radius 1 is 1.11 bits per heavy atom. The van der Waals surface area contributed by atoms with E-state index in [0.29, 0.717) is 5.69 Å². The molecule has 0 saturated carbocycles. The average molecular weight is 288 g/mol. The minimum absolute atomic E-state index is 0.00354. The Kier molecular flexibility index (Phi) is 3.61. The first-order valence-electron chi connectivity index (χ1n) is 5.30. The van der Waals surface area contributed by atoms with Crippen molar-refractivity contribution >= 4 is 23.1 Å². The van der Waals surface area contributed by atoms with Crippen LogP contribution < -0.4 is 5.32 Å². The van der Waals surface area contributed by atoms with Crippen LogP contribution in [-0.2, 0) is 6.18 Å². The maximum Gasteiger partial charge on any atom is 0.433 e. The van der Waals surface area contributed by atoms with Crippen molar-refractivity contribution in [2.24, 2.45) is 0 Å². The molecule has 1 N–H and O–H groups in total. The Balaban J connectivity index is 2.30. The molecule has 19 heavy (non-hydrogen) atoms. The molecule has 0 radical (unpaired) electrons. The number of nitrogens with zero attached hydrogens (tertiary/aromatic N) is 2. The van der Waals surface area contributed by atoms with E-state index < -0.39 is 17.2 Å². The van der Waals surface area contributed by atoms with E-state index in [2.05, 4.69) is 15.3 Å². The molecule has 0 aliphatic rings. The number of benzene rings is 1. The second-order valence-corrected chi connectivity index (χ2v) is 4.23. The van der Waals surface area contributed by atoms with Crippen LogP contribution in [0.5, 0.6) is 0 Å². The van der Waals surface area contributed by atoms with Gasteiger partial charge in [-0.05, 0) is 30.7 Å². The molecule has 0 saturated heterocycles. The normalized spacial score (nSPS) is 11.4. The van der Waals surface area contributed by atoms with Crippen LogP contribution in [0, 0.1) is 6.92 Å². The minimum atomic E-state index is -4.56. The molecule has 7 heteroatoms. The van der Waals surface area contributed by atoms with Gasteiger partial charge in [-0.3, -0.25) is 0 Å². The summed E-state index contributed by atoms with van der Waals surface area (Å²) in [4.78, 5) is 6.86. The van der Waals surface area contributed by atoms with Crippen molar-refractivity contribution < 1.29 is 13.2 Å². The molecule has 1 heterocycles. The number of anilines is 2. The smallest absolute Gasteiger partial charge is 0.340 e. The third-order valence-electron chi connectivity index (χ3n) is 2.31. The number of hydrogen-bond acceptors (Lipinski definition) is 3. The first-order valence-corrected chi connectivity index (χ1v) is 5.68. The third-order valence-corrected chi connectivity index (χ3v) is 2.48. The number of hydrogen-bond donors (Lipinski definition) is 1. The van der Waals surface area contributed by atoms with E-state index in [4.69, 9.17) is 11.6 Å². The monoisotopic (exact) mass is 287 g/mol. The Labute approximate surface area is 112 Å². The van der Waals surface area contributed by atoms with Gasteiger partial charge in [0.15, 0.2) is 5.69 Å². The van der Waals surface area contributed by atoms with Crippen molar-refractivity contribution in [1.82, 2.24) is 9.97 Å². The molecule has 2 rings (SSSR count). The van der Waals surface area contributed by atoms with Crippen LogP contribution in [-0.4, -0.2) is 9.97 Å². The highest BCUT2D eigenvalue weighted by Crippen LogP contribution is 2.30. The van der Waals surface area contributed by atoms with Gasteiger partial charge in [0.05, 0.1) is 0 Å². The summed E-state index contributed by atoms with van der Waals surface area (Å²) in [5.41, 5.74) is 0.581. The first kappa shape index (κ1) is 13.6. The molecule has 0 bridgehead atoms. The van der Waals surface area contributed by atoms with E-state index in [9.17, 15) is 13.2 Å². The zero-order chi connectivity index (χ0) is 14.0. The van der Waals surface area contributed by atoms with Crippen molar-refractivity contribution in [2.45, 2.75) is 13.1 Å². The molecule has 100 valence electrons. The van der Waals surface area contributed by atoms with E-state index in [-0.39, 0.29) is 5.82 Å². The molecule has 0 aliphatic carbocycles. The van der Waals surface area contributed by atoms with Crippen molar-refractivity contribution in [2.75, 3.05) is 5.32 Å². The lowest BCUT2D eigenvalue weighted by Crippen LogP contribution is -2.10. The zero-order valence-electron chi connectivity index (χ0n) is 9.79. The van der Waals surface area contributed by atoms with E-state index >= 15 is 0 Å². The Morgan fingerprint density at radius 3 is 2.32 bits per heavy atom. The molecule has 0 amide bonds. The van der Waals surface area contributed by atoms with Gasteiger partial charge in [0.25, 0.3) is 0 Å². The predicted octanol–water partition coefficient (Wildman–Crippen LogP) is 4.20. The van der Waals surface area contributed by atoms with Gasteiger partial charge in [0.2, 0.25) is 5.28 Å². The van der Waals surface area contributed by atoms with E-state index in [1.54, 1.807) is 12.1 Å².